The molecule has 4 bridgehead atoms. The van der Waals surface area contributed by atoms with E-state index in [0.29, 0.717) is 53.8 Å². The Hall–Kier alpha value is -2.20. The minimum absolute atomic E-state index is 0. The van der Waals surface area contributed by atoms with Crippen molar-refractivity contribution in [1.29, 1.82) is 0 Å². The number of para-hydroxylation sites is 2. The molecule has 2 aliphatic carbocycles. The number of rotatable bonds is 5. The summed E-state index contributed by atoms with van der Waals surface area (Å²) in [5.74, 6) is 2.42. The molecule has 0 amide bonds. The summed E-state index contributed by atoms with van der Waals surface area (Å²) in [6.45, 7) is 13.1. The fraction of sp³-hybridized carbons (Fsp3) is 0.565. The van der Waals surface area contributed by atoms with E-state index < -0.39 is 0 Å². The zero-order valence-corrected chi connectivity index (χ0v) is 35.0. The van der Waals surface area contributed by atoms with Gasteiger partial charge in [-0.3, -0.25) is 0 Å². The van der Waals surface area contributed by atoms with E-state index in [1.807, 2.05) is 0 Å². The van der Waals surface area contributed by atoms with Crippen LogP contribution in [0.5, 0.6) is 0 Å². The van der Waals surface area contributed by atoms with E-state index in [1.54, 1.807) is 16.7 Å². The molecule has 286 valence electrons. The van der Waals surface area contributed by atoms with Gasteiger partial charge in [0.2, 0.25) is 0 Å². The van der Waals surface area contributed by atoms with Crippen LogP contribution < -0.4 is 43.8 Å². The molecular weight excluding hydrogens is 800 g/mol. The zero-order valence-electron chi connectivity index (χ0n) is 31.9. The number of halogens is 2. The van der Waals surface area contributed by atoms with E-state index in [2.05, 4.69) is 115 Å². The fourth-order valence-corrected chi connectivity index (χ4v) is 15.6. The highest BCUT2D eigenvalue weighted by molar-refractivity contribution is 5.68. The standard InChI is InChI=1S/C46H56N4O2.2BrH/c1-3-5-20-49-22-16-33-38(49)26-34-30(28-49)17-24-51-44-40(34)42(33)47(32-12-8-7-9-13-32)45-41-35-27-39-46(36-14-10-11-15-37(36)48(44)43(41)46)19-23-50(39,21-6-4-2)29-31(35)18-25-52-45;;/h3-15,17-18,33-35,38-45H,16,19-29H2,1-2H3;2*1H/q+2;;/p-2/b5-3+,6-4+;;/t33-,34-,35-,38-,39-,40+,41+,42+,43-,44+,45+,46+,49?,50?;;/m0../s1. The molecule has 5 saturated heterocycles. The van der Waals surface area contributed by atoms with Gasteiger partial charge >= 0.3 is 0 Å². The van der Waals surface area contributed by atoms with Crippen molar-refractivity contribution in [2.45, 2.75) is 81.6 Å². The van der Waals surface area contributed by atoms with Crippen molar-refractivity contribution in [2.24, 2.45) is 29.6 Å². The maximum atomic E-state index is 7.55. The van der Waals surface area contributed by atoms with Crippen molar-refractivity contribution in [3.63, 3.8) is 0 Å². The van der Waals surface area contributed by atoms with Gasteiger partial charge in [0.15, 0.2) is 0 Å². The Balaban J connectivity index is 0.00000180. The number of anilines is 2. The zero-order chi connectivity index (χ0) is 34.4. The van der Waals surface area contributed by atoms with Crippen molar-refractivity contribution in [3.05, 3.63) is 108 Å². The summed E-state index contributed by atoms with van der Waals surface area (Å²) in [5.41, 5.74) is 7.97. The first-order valence-electron chi connectivity index (χ1n) is 20.9. The minimum Gasteiger partial charge on any atom is -1.00 e. The molecule has 8 heterocycles. The topological polar surface area (TPSA) is 24.9 Å². The van der Waals surface area contributed by atoms with Crippen LogP contribution >= 0.6 is 0 Å². The SMILES string of the molecule is C/C=C/C[N+]12CC[C@@H]3[C@@H]4[C@@H]5[C@@H](OCC=C(C1)[C@@H]5C[C@@H]32)N1c2ccccc2[C@@]23CC[N+]5(C/C=C/C)CC6=CCO[C@H]([C@@H]([C@H]12)[C@H]6C[C@@H]35)N4c1ccccc1.[Br-].[Br-]. The van der Waals surface area contributed by atoms with E-state index in [9.17, 15) is 0 Å². The van der Waals surface area contributed by atoms with Crippen molar-refractivity contribution < 1.29 is 52.4 Å². The molecule has 7 fully saturated rings. The lowest BCUT2D eigenvalue weighted by Gasteiger charge is -2.65. The molecule has 8 aliphatic heterocycles. The second-order valence-corrected chi connectivity index (χ2v) is 18.5. The number of nitrogens with zero attached hydrogens (tertiary/aromatic N) is 4. The first kappa shape index (κ1) is 36.2. The van der Waals surface area contributed by atoms with Crippen LogP contribution in [-0.4, -0.2) is 98.1 Å². The molecule has 0 radical (unpaired) electrons. The van der Waals surface area contributed by atoms with Crippen LogP contribution in [0.25, 0.3) is 0 Å². The molecule has 8 heteroatoms. The third-order valence-corrected chi connectivity index (χ3v) is 17.1. The van der Waals surface area contributed by atoms with Gasteiger partial charge in [0.25, 0.3) is 0 Å². The molecule has 2 saturated carbocycles. The van der Waals surface area contributed by atoms with Gasteiger partial charge in [-0.15, -0.1) is 0 Å². The van der Waals surface area contributed by atoms with Crippen LogP contribution in [0.15, 0.2) is 102 Å². The van der Waals surface area contributed by atoms with Gasteiger partial charge in [0, 0.05) is 72.7 Å². The molecule has 2 unspecified atom stereocenters. The Morgan fingerprint density at radius 3 is 2.19 bits per heavy atom. The number of benzene rings is 2. The summed E-state index contributed by atoms with van der Waals surface area (Å²) < 4.78 is 17.5. The quantitative estimate of drug-likeness (QED) is 0.329. The third-order valence-electron chi connectivity index (χ3n) is 17.1. The average Bonchev–Trinajstić information content (AvgIpc) is 3.72. The van der Waals surface area contributed by atoms with Crippen molar-refractivity contribution in [3.8, 4) is 0 Å². The van der Waals surface area contributed by atoms with Gasteiger partial charge in [-0.05, 0) is 60.9 Å². The molecule has 10 aliphatic rings. The Kier molecular flexibility index (Phi) is 8.64. The Morgan fingerprint density at radius 1 is 0.759 bits per heavy atom. The number of ether oxygens (including phenoxy) is 2. The lowest BCUT2D eigenvalue weighted by molar-refractivity contribution is -0.938. The second-order valence-electron chi connectivity index (χ2n) is 18.5. The molecule has 6 nitrogen and oxygen atoms in total. The molecule has 54 heavy (non-hydrogen) atoms. The van der Waals surface area contributed by atoms with Gasteiger partial charge in [-0.2, -0.15) is 0 Å². The Morgan fingerprint density at radius 2 is 1.43 bits per heavy atom. The van der Waals surface area contributed by atoms with E-state index >= 15 is 0 Å². The van der Waals surface area contributed by atoms with Crippen LogP contribution in [0.4, 0.5) is 11.4 Å². The highest BCUT2D eigenvalue weighted by Gasteiger charge is 2.77. The highest BCUT2D eigenvalue weighted by atomic mass is 79.9. The largest absolute Gasteiger partial charge is 1.00 e. The molecule has 12 rings (SSSR count). The van der Waals surface area contributed by atoms with E-state index in [1.165, 1.54) is 72.2 Å². The van der Waals surface area contributed by atoms with E-state index in [0.717, 1.165) is 26.3 Å². The Bertz CT molecular complexity index is 1930. The van der Waals surface area contributed by atoms with E-state index in [-0.39, 0.29) is 51.8 Å². The van der Waals surface area contributed by atoms with Gasteiger partial charge in [0.1, 0.15) is 31.6 Å². The first-order valence-corrected chi connectivity index (χ1v) is 20.9. The minimum atomic E-state index is 0. The van der Waals surface area contributed by atoms with Gasteiger partial charge in [0.05, 0.1) is 56.9 Å². The van der Waals surface area contributed by atoms with Gasteiger partial charge in [-0.1, -0.05) is 60.7 Å². The molecule has 1 spiro atoms. The predicted octanol–water partition coefficient (Wildman–Crippen LogP) is 0.821. The molecule has 2 aromatic rings. The smallest absolute Gasteiger partial charge is 0.136 e. The maximum absolute atomic E-state index is 7.55. The monoisotopic (exact) mass is 854 g/mol. The Labute approximate surface area is 343 Å². The van der Waals surface area contributed by atoms with Gasteiger partial charge in [-0.25, -0.2) is 0 Å². The lowest BCUT2D eigenvalue weighted by Crippen LogP contribution is -3.00. The number of hydrogen-bond donors (Lipinski definition) is 0. The number of quaternary nitrogens is 2. The van der Waals surface area contributed by atoms with Crippen molar-refractivity contribution >= 4 is 11.4 Å². The van der Waals surface area contributed by atoms with Crippen LogP contribution in [0.3, 0.4) is 0 Å². The maximum Gasteiger partial charge on any atom is 0.136 e. The summed E-state index contributed by atoms with van der Waals surface area (Å²) >= 11 is 0. The predicted molar refractivity (Wildman–Crippen MR) is 206 cm³/mol. The fourth-order valence-electron chi connectivity index (χ4n) is 15.6. The van der Waals surface area contributed by atoms with Crippen LogP contribution in [0, 0.1) is 29.6 Å². The summed E-state index contributed by atoms with van der Waals surface area (Å²) in [6, 6.07) is 23.4. The molecule has 0 N–H and O–H groups in total. The number of fused-ring (bicyclic) bond motifs is 4. The lowest BCUT2D eigenvalue weighted by atomic mass is 9.53. The van der Waals surface area contributed by atoms with Crippen LogP contribution in [0.2, 0.25) is 0 Å². The molecule has 14 atom stereocenters. The third kappa shape index (κ3) is 4.42. The van der Waals surface area contributed by atoms with Crippen LogP contribution in [-0.2, 0) is 14.9 Å². The number of hydrogen-bond acceptors (Lipinski definition) is 4. The number of allylic oxidation sites excluding steroid dienone is 2. The van der Waals surface area contributed by atoms with Crippen molar-refractivity contribution in [1.82, 2.24) is 0 Å². The second kappa shape index (κ2) is 12.9. The molecule has 0 aromatic heterocycles. The first-order chi connectivity index (χ1) is 25.6. The summed E-state index contributed by atoms with van der Waals surface area (Å²) in [7, 11) is 0. The highest BCUT2D eigenvalue weighted by Crippen LogP contribution is 2.69. The normalized spacial score (nSPS) is 45.3. The van der Waals surface area contributed by atoms with E-state index in [4.69, 9.17) is 9.47 Å². The number of piperidine rings is 2. The average molecular weight is 857 g/mol. The van der Waals surface area contributed by atoms with Gasteiger partial charge < -0.3 is 62.2 Å². The molecule has 2 aromatic carbocycles. The van der Waals surface area contributed by atoms with Crippen molar-refractivity contribution in [2.75, 3.05) is 62.3 Å². The summed E-state index contributed by atoms with van der Waals surface area (Å²) in [6.07, 6.45) is 19.9. The summed E-state index contributed by atoms with van der Waals surface area (Å²) in [5, 5.41) is 0. The summed E-state index contributed by atoms with van der Waals surface area (Å²) in [4.78, 5) is 5.94. The van der Waals surface area contributed by atoms with Crippen LogP contribution in [0.1, 0.15) is 45.1 Å². The molecular formula is C46H56Br2N4O2.